The summed E-state index contributed by atoms with van der Waals surface area (Å²) in [6.07, 6.45) is 22.1. The lowest BCUT2D eigenvalue weighted by molar-refractivity contribution is 0.373. The van der Waals surface area contributed by atoms with Gasteiger partial charge in [0, 0.05) is 0 Å². The van der Waals surface area contributed by atoms with Gasteiger partial charge in [-0.1, -0.05) is 103 Å². The lowest BCUT2D eigenvalue weighted by Crippen LogP contribution is -1.89. The molecule has 0 fully saturated rings. The summed E-state index contributed by atoms with van der Waals surface area (Å²) in [5.74, 6) is 0.816. The average Bonchev–Trinajstić information content (AvgIpc) is 2.66. The number of rotatable bonds is 17. The van der Waals surface area contributed by atoms with E-state index in [0.717, 1.165) is 6.42 Å². The lowest BCUT2D eigenvalue weighted by atomic mass is 10.0. The zero-order valence-corrected chi connectivity index (χ0v) is 17.4. The van der Waals surface area contributed by atoms with Crippen molar-refractivity contribution < 1.29 is 9.84 Å². The van der Waals surface area contributed by atoms with Gasteiger partial charge in [-0.15, -0.1) is 0 Å². The van der Waals surface area contributed by atoms with Gasteiger partial charge in [0.25, 0.3) is 0 Å². The number of hydrogen-bond acceptors (Lipinski definition) is 2. The van der Waals surface area contributed by atoms with E-state index in [4.69, 9.17) is 4.74 Å². The van der Waals surface area contributed by atoms with Crippen molar-refractivity contribution in [1.29, 1.82) is 0 Å². The Hall–Kier alpha value is -1.18. The van der Waals surface area contributed by atoms with Crippen LogP contribution in [0.5, 0.6) is 11.5 Å². The topological polar surface area (TPSA) is 29.5 Å². The highest BCUT2D eigenvalue weighted by atomic mass is 16.5. The SMILES string of the molecule is CCCCCCCCCCCCCCCCCc1ccc(O)c(OC)c1. The second kappa shape index (κ2) is 16.0. The Bertz CT molecular complexity index is 442. The first-order chi connectivity index (χ1) is 12.8. The molecular formula is C24H42O2. The van der Waals surface area contributed by atoms with Crippen LogP contribution >= 0.6 is 0 Å². The molecule has 0 aromatic heterocycles. The molecule has 0 atom stereocenters. The van der Waals surface area contributed by atoms with Gasteiger partial charge in [0.1, 0.15) is 0 Å². The van der Waals surface area contributed by atoms with Crippen LogP contribution in [0.3, 0.4) is 0 Å². The first-order valence-electron chi connectivity index (χ1n) is 11.1. The molecule has 0 saturated heterocycles. The van der Waals surface area contributed by atoms with E-state index in [1.807, 2.05) is 12.1 Å². The molecule has 0 aliphatic rings. The summed E-state index contributed by atoms with van der Waals surface area (Å²) < 4.78 is 5.16. The average molecular weight is 363 g/mol. The van der Waals surface area contributed by atoms with Crippen molar-refractivity contribution in [2.45, 2.75) is 110 Å². The van der Waals surface area contributed by atoms with Gasteiger partial charge in [0.05, 0.1) is 7.11 Å². The van der Waals surface area contributed by atoms with Gasteiger partial charge in [0.2, 0.25) is 0 Å². The van der Waals surface area contributed by atoms with Crippen LogP contribution in [0.1, 0.15) is 109 Å². The second-order valence-electron chi connectivity index (χ2n) is 7.71. The number of methoxy groups -OCH3 is 1. The smallest absolute Gasteiger partial charge is 0.160 e. The Balaban J connectivity index is 1.85. The summed E-state index contributed by atoms with van der Waals surface area (Å²) in [7, 11) is 1.60. The summed E-state index contributed by atoms with van der Waals surface area (Å²) in [6.45, 7) is 2.28. The Kier molecular flexibility index (Phi) is 14.1. The molecule has 2 nitrogen and oxygen atoms in total. The molecule has 0 unspecified atom stereocenters. The van der Waals surface area contributed by atoms with E-state index in [1.165, 1.54) is 102 Å². The predicted octanol–water partition coefficient (Wildman–Crippen LogP) is 7.81. The molecule has 26 heavy (non-hydrogen) atoms. The number of benzene rings is 1. The minimum absolute atomic E-state index is 0.229. The molecule has 1 aromatic carbocycles. The fraction of sp³-hybridized carbons (Fsp3) is 0.750. The number of phenols is 1. The number of phenolic OH excluding ortho intramolecular Hbond substituents is 1. The molecule has 150 valence electrons. The molecule has 1 N–H and O–H groups in total. The third kappa shape index (κ3) is 11.4. The van der Waals surface area contributed by atoms with E-state index < -0.39 is 0 Å². The van der Waals surface area contributed by atoms with E-state index in [2.05, 4.69) is 6.92 Å². The Morgan fingerprint density at radius 1 is 0.692 bits per heavy atom. The van der Waals surface area contributed by atoms with E-state index in [1.54, 1.807) is 13.2 Å². The van der Waals surface area contributed by atoms with Crippen molar-refractivity contribution in [3.8, 4) is 11.5 Å². The molecular weight excluding hydrogens is 320 g/mol. The highest BCUT2D eigenvalue weighted by Crippen LogP contribution is 2.27. The van der Waals surface area contributed by atoms with E-state index in [-0.39, 0.29) is 5.75 Å². The molecule has 0 amide bonds. The van der Waals surface area contributed by atoms with Gasteiger partial charge < -0.3 is 9.84 Å². The highest BCUT2D eigenvalue weighted by Gasteiger charge is 2.02. The quantitative estimate of drug-likeness (QED) is 0.286. The Morgan fingerprint density at radius 3 is 1.62 bits per heavy atom. The van der Waals surface area contributed by atoms with Gasteiger partial charge >= 0.3 is 0 Å². The zero-order valence-electron chi connectivity index (χ0n) is 17.4. The summed E-state index contributed by atoms with van der Waals surface area (Å²) in [4.78, 5) is 0. The molecule has 1 rings (SSSR count). The highest BCUT2D eigenvalue weighted by molar-refractivity contribution is 5.41. The molecule has 2 heteroatoms. The number of aryl methyl sites for hydroxylation is 1. The van der Waals surface area contributed by atoms with Crippen molar-refractivity contribution in [3.05, 3.63) is 23.8 Å². The third-order valence-corrected chi connectivity index (χ3v) is 5.31. The largest absolute Gasteiger partial charge is 0.504 e. The Labute approximate surface area is 162 Å². The minimum Gasteiger partial charge on any atom is -0.504 e. The summed E-state index contributed by atoms with van der Waals surface area (Å²) in [5, 5.41) is 9.61. The number of unbranched alkanes of at least 4 members (excludes halogenated alkanes) is 14. The van der Waals surface area contributed by atoms with Crippen molar-refractivity contribution >= 4 is 0 Å². The second-order valence-corrected chi connectivity index (χ2v) is 7.71. The minimum atomic E-state index is 0.229. The molecule has 0 heterocycles. The van der Waals surface area contributed by atoms with Crippen LogP contribution in [0, 0.1) is 0 Å². The van der Waals surface area contributed by atoms with Gasteiger partial charge in [-0.25, -0.2) is 0 Å². The van der Waals surface area contributed by atoms with Crippen LogP contribution in [-0.2, 0) is 6.42 Å². The molecule has 0 aliphatic heterocycles. The molecule has 0 bridgehead atoms. The van der Waals surface area contributed by atoms with Gasteiger partial charge in [-0.05, 0) is 30.5 Å². The third-order valence-electron chi connectivity index (χ3n) is 5.31. The van der Waals surface area contributed by atoms with Crippen molar-refractivity contribution in [2.24, 2.45) is 0 Å². The molecule has 0 radical (unpaired) electrons. The van der Waals surface area contributed by atoms with E-state index in [0.29, 0.717) is 5.75 Å². The molecule has 0 saturated carbocycles. The normalized spacial score (nSPS) is 11.0. The first-order valence-corrected chi connectivity index (χ1v) is 11.1. The standard InChI is InChI=1S/C24H42O2/c1-3-4-5-6-7-8-9-10-11-12-13-14-15-16-17-18-22-19-20-23(25)24(21-22)26-2/h19-21,25H,3-18H2,1-2H3. The predicted molar refractivity (Wildman–Crippen MR) is 113 cm³/mol. The van der Waals surface area contributed by atoms with Crippen LogP contribution in [0.2, 0.25) is 0 Å². The molecule has 1 aromatic rings. The van der Waals surface area contributed by atoms with Crippen LogP contribution in [0.15, 0.2) is 18.2 Å². The van der Waals surface area contributed by atoms with Gasteiger partial charge in [-0.2, -0.15) is 0 Å². The number of aromatic hydroxyl groups is 1. The summed E-state index contributed by atoms with van der Waals surface area (Å²) in [5.41, 5.74) is 1.26. The van der Waals surface area contributed by atoms with Crippen molar-refractivity contribution in [1.82, 2.24) is 0 Å². The Morgan fingerprint density at radius 2 is 1.15 bits per heavy atom. The zero-order chi connectivity index (χ0) is 18.9. The number of hydrogen-bond donors (Lipinski definition) is 1. The van der Waals surface area contributed by atoms with Crippen molar-refractivity contribution in [2.75, 3.05) is 7.11 Å². The van der Waals surface area contributed by atoms with E-state index in [9.17, 15) is 5.11 Å². The fourth-order valence-electron chi connectivity index (χ4n) is 3.58. The van der Waals surface area contributed by atoms with Gasteiger partial charge in [0.15, 0.2) is 11.5 Å². The maximum absolute atomic E-state index is 9.61. The van der Waals surface area contributed by atoms with E-state index >= 15 is 0 Å². The maximum atomic E-state index is 9.61. The lowest BCUT2D eigenvalue weighted by Gasteiger charge is -2.07. The molecule has 0 aliphatic carbocycles. The monoisotopic (exact) mass is 362 g/mol. The fourth-order valence-corrected chi connectivity index (χ4v) is 3.58. The van der Waals surface area contributed by atoms with Gasteiger partial charge in [-0.3, -0.25) is 0 Å². The van der Waals surface area contributed by atoms with Crippen LogP contribution in [-0.4, -0.2) is 12.2 Å². The van der Waals surface area contributed by atoms with Crippen LogP contribution in [0.4, 0.5) is 0 Å². The van der Waals surface area contributed by atoms with Crippen LogP contribution in [0.25, 0.3) is 0 Å². The number of ether oxygens (including phenoxy) is 1. The molecule has 0 spiro atoms. The van der Waals surface area contributed by atoms with Crippen LogP contribution < -0.4 is 4.74 Å². The first kappa shape index (κ1) is 22.9. The van der Waals surface area contributed by atoms with Crippen molar-refractivity contribution in [3.63, 3.8) is 0 Å². The summed E-state index contributed by atoms with van der Waals surface area (Å²) >= 11 is 0. The maximum Gasteiger partial charge on any atom is 0.160 e. The summed E-state index contributed by atoms with van der Waals surface area (Å²) in [6, 6.07) is 5.69.